The molecule has 2 rings (SSSR count). The second kappa shape index (κ2) is 4.29. The van der Waals surface area contributed by atoms with Gasteiger partial charge in [0.15, 0.2) is 0 Å². The van der Waals surface area contributed by atoms with E-state index >= 15 is 0 Å². The molecule has 0 spiro atoms. The van der Waals surface area contributed by atoms with E-state index in [-0.39, 0.29) is 5.84 Å². The number of aromatic nitrogens is 2. The summed E-state index contributed by atoms with van der Waals surface area (Å²) in [6, 6.07) is 7.54. The molecule has 0 aliphatic heterocycles. The van der Waals surface area contributed by atoms with Crippen molar-refractivity contribution in [3.63, 3.8) is 0 Å². The molecular formula is C12H14N4O. The van der Waals surface area contributed by atoms with Gasteiger partial charge >= 0.3 is 0 Å². The van der Waals surface area contributed by atoms with Gasteiger partial charge in [-0.25, -0.2) is 4.68 Å². The van der Waals surface area contributed by atoms with Crippen LogP contribution in [0.15, 0.2) is 30.5 Å². The van der Waals surface area contributed by atoms with Crippen LogP contribution < -0.4 is 10.5 Å². The fourth-order valence-electron chi connectivity index (χ4n) is 1.66. The van der Waals surface area contributed by atoms with Crippen molar-refractivity contribution in [2.24, 2.45) is 5.73 Å². The zero-order chi connectivity index (χ0) is 12.4. The largest absolute Gasteiger partial charge is 0.497 e. The molecule has 1 aromatic carbocycles. The Balaban J connectivity index is 2.42. The van der Waals surface area contributed by atoms with Crippen molar-refractivity contribution in [1.29, 1.82) is 5.41 Å². The SMILES string of the molecule is COc1ccc(-n2ncc(C(=N)N)c2C)cc1. The third-order valence-electron chi connectivity index (χ3n) is 2.62. The fraction of sp³-hybridized carbons (Fsp3) is 0.167. The number of benzene rings is 1. The molecule has 0 aliphatic rings. The molecular weight excluding hydrogens is 216 g/mol. The maximum absolute atomic E-state index is 7.42. The first-order valence-electron chi connectivity index (χ1n) is 5.17. The van der Waals surface area contributed by atoms with E-state index in [1.807, 2.05) is 31.2 Å². The van der Waals surface area contributed by atoms with Gasteiger partial charge < -0.3 is 10.5 Å². The summed E-state index contributed by atoms with van der Waals surface area (Å²) in [5.41, 5.74) is 7.88. The molecule has 3 N–H and O–H groups in total. The van der Waals surface area contributed by atoms with E-state index in [1.165, 1.54) is 0 Å². The Labute approximate surface area is 99.3 Å². The Bertz CT molecular complexity index is 542. The average molecular weight is 230 g/mol. The molecule has 1 aromatic heterocycles. The van der Waals surface area contributed by atoms with Gasteiger partial charge in [-0.15, -0.1) is 0 Å². The highest BCUT2D eigenvalue weighted by molar-refractivity contribution is 5.95. The number of ether oxygens (including phenoxy) is 1. The molecule has 17 heavy (non-hydrogen) atoms. The van der Waals surface area contributed by atoms with Crippen molar-refractivity contribution < 1.29 is 4.74 Å². The third kappa shape index (κ3) is 1.99. The molecule has 5 heteroatoms. The summed E-state index contributed by atoms with van der Waals surface area (Å²) in [7, 11) is 1.63. The van der Waals surface area contributed by atoms with E-state index in [2.05, 4.69) is 5.10 Å². The average Bonchev–Trinajstić information content (AvgIpc) is 2.71. The minimum Gasteiger partial charge on any atom is -0.497 e. The molecule has 0 saturated carbocycles. The van der Waals surface area contributed by atoms with E-state index in [0.717, 1.165) is 17.1 Å². The normalized spacial score (nSPS) is 10.2. The highest BCUT2D eigenvalue weighted by Crippen LogP contribution is 2.17. The Hall–Kier alpha value is -2.30. The number of hydrogen-bond acceptors (Lipinski definition) is 3. The minimum absolute atomic E-state index is 0.0299. The van der Waals surface area contributed by atoms with Crippen molar-refractivity contribution >= 4 is 5.84 Å². The van der Waals surface area contributed by atoms with Gasteiger partial charge in [0.1, 0.15) is 11.6 Å². The van der Waals surface area contributed by atoms with Crippen LogP contribution in [-0.2, 0) is 0 Å². The number of nitrogens with zero attached hydrogens (tertiary/aromatic N) is 2. The number of methoxy groups -OCH3 is 1. The van der Waals surface area contributed by atoms with Crippen molar-refractivity contribution in [3.8, 4) is 11.4 Å². The predicted octanol–water partition coefficient (Wildman–Crippen LogP) is 1.47. The highest BCUT2D eigenvalue weighted by Gasteiger charge is 2.09. The summed E-state index contributed by atoms with van der Waals surface area (Å²) >= 11 is 0. The van der Waals surface area contributed by atoms with Gasteiger partial charge in [-0.2, -0.15) is 5.10 Å². The molecule has 0 fully saturated rings. The molecule has 0 aliphatic carbocycles. The number of amidine groups is 1. The maximum atomic E-state index is 7.42. The van der Waals surface area contributed by atoms with Crippen LogP contribution >= 0.6 is 0 Å². The molecule has 1 heterocycles. The van der Waals surface area contributed by atoms with Crippen molar-refractivity contribution in [2.75, 3.05) is 7.11 Å². The minimum atomic E-state index is 0.0299. The highest BCUT2D eigenvalue weighted by atomic mass is 16.5. The lowest BCUT2D eigenvalue weighted by Gasteiger charge is -2.06. The molecule has 0 atom stereocenters. The van der Waals surface area contributed by atoms with E-state index < -0.39 is 0 Å². The number of nitrogens with one attached hydrogen (secondary N) is 1. The Morgan fingerprint density at radius 3 is 2.47 bits per heavy atom. The number of nitrogens with two attached hydrogens (primary N) is 1. The molecule has 0 radical (unpaired) electrons. The summed E-state index contributed by atoms with van der Waals surface area (Å²) in [5.74, 6) is 0.826. The van der Waals surface area contributed by atoms with Crippen LogP contribution in [0.1, 0.15) is 11.3 Å². The zero-order valence-corrected chi connectivity index (χ0v) is 9.77. The quantitative estimate of drug-likeness (QED) is 0.619. The van der Waals surface area contributed by atoms with Crippen LogP contribution in [0.3, 0.4) is 0 Å². The van der Waals surface area contributed by atoms with E-state index in [0.29, 0.717) is 5.56 Å². The zero-order valence-electron chi connectivity index (χ0n) is 9.77. The summed E-state index contributed by atoms with van der Waals surface area (Å²) in [5, 5.41) is 11.6. The van der Waals surface area contributed by atoms with Gasteiger partial charge in [0.05, 0.1) is 30.3 Å². The van der Waals surface area contributed by atoms with E-state index in [9.17, 15) is 0 Å². The molecule has 0 unspecified atom stereocenters. The smallest absolute Gasteiger partial charge is 0.126 e. The van der Waals surface area contributed by atoms with Crippen LogP contribution in [-0.4, -0.2) is 22.7 Å². The summed E-state index contributed by atoms with van der Waals surface area (Å²) < 4.78 is 6.84. The van der Waals surface area contributed by atoms with Crippen LogP contribution in [0.2, 0.25) is 0 Å². The standard InChI is InChI=1S/C12H14N4O/c1-8-11(12(13)14)7-15-16(8)9-3-5-10(17-2)6-4-9/h3-7H,1-2H3,(H3,13,14). The molecule has 5 nitrogen and oxygen atoms in total. The Morgan fingerprint density at radius 1 is 1.35 bits per heavy atom. The second-order valence-electron chi connectivity index (χ2n) is 3.67. The Kier molecular flexibility index (Phi) is 2.82. The summed E-state index contributed by atoms with van der Waals surface area (Å²) in [6.07, 6.45) is 1.60. The lowest BCUT2D eigenvalue weighted by molar-refractivity contribution is 0.414. The van der Waals surface area contributed by atoms with Gasteiger partial charge in [0.25, 0.3) is 0 Å². The van der Waals surface area contributed by atoms with Crippen molar-refractivity contribution in [1.82, 2.24) is 9.78 Å². The van der Waals surface area contributed by atoms with Gasteiger partial charge in [0, 0.05) is 0 Å². The topological polar surface area (TPSA) is 76.9 Å². The lowest BCUT2D eigenvalue weighted by atomic mass is 10.2. The second-order valence-corrected chi connectivity index (χ2v) is 3.67. The van der Waals surface area contributed by atoms with Crippen molar-refractivity contribution in [3.05, 3.63) is 41.7 Å². The van der Waals surface area contributed by atoms with Crippen LogP contribution in [0.4, 0.5) is 0 Å². The maximum Gasteiger partial charge on any atom is 0.126 e. The summed E-state index contributed by atoms with van der Waals surface area (Å²) in [6.45, 7) is 1.88. The number of nitrogen functional groups attached to an aromatic ring is 1. The Morgan fingerprint density at radius 2 is 2.00 bits per heavy atom. The third-order valence-corrected chi connectivity index (χ3v) is 2.62. The first kappa shape index (κ1) is 11.2. The first-order chi connectivity index (χ1) is 8.13. The van der Waals surface area contributed by atoms with Crippen LogP contribution in [0.5, 0.6) is 5.75 Å². The monoisotopic (exact) mass is 230 g/mol. The molecule has 0 amide bonds. The van der Waals surface area contributed by atoms with E-state index in [4.69, 9.17) is 15.9 Å². The van der Waals surface area contributed by atoms with Gasteiger partial charge in [-0.05, 0) is 31.2 Å². The number of rotatable bonds is 3. The van der Waals surface area contributed by atoms with E-state index in [1.54, 1.807) is 18.0 Å². The molecule has 0 bridgehead atoms. The van der Waals surface area contributed by atoms with Gasteiger partial charge in [-0.3, -0.25) is 5.41 Å². The first-order valence-corrected chi connectivity index (χ1v) is 5.17. The molecule has 88 valence electrons. The van der Waals surface area contributed by atoms with Crippen LogP contribution in [0, 0.1) is 12.3 Å². The van der Waals surface area contributed by atoms with Gasteiger partial charge in [0.2, 0.25) is 0 Å². The van der Waals surface area contributed by atoms with Crippen LogP contribution in [0.25, 0.3) is 5.69 Å². The van der Waals surface area contributed by atoms with Gasteiger partial charge in [-0.1, -0.05) is 0 Å². The fourth-order valence-corrected chi connectivity index (χ4v) is 1.66. The number of hydrogen-bond donors (Lipinski definition) is 2. The summed E-state index contributed by atoms with van der Waals surface area (Å²) in [4.78, 5) is 0. The molecule has 2 aromatic rings. The predicted molar refractivity (Wildman–Crippen MR) is 65.9 cm³/mol. The molecule has 0 saturated heterocycles. The lowest BCUT2D eigenvalue weighted by Crippen LogP contribution is -2.12. The van der Waals surface area contributed by atoms with Crippen molar-refractivity contribution in [2.45, 2.75) is 6.92 Å².